The predicted molar refractivity (Wildman–Crippen MR) is 105 cm³/mol. The maximum Gasteiger partial charge on any atom is 0.293 e. The van der Waals surface area contributed by atoms with E-state index in [2.05, 4.69) is 0 Å². The highest BCUT2D eigenvalue weighted by molar-refractivity contribution is 8.18. The van der Waals surface area contributed by atoms with E-state index in [9.17, 15) is 9.59 Å². The maximum atomic E-state index is 12.5. The second-order valence-electron chi connectivity index (χ2n) is 6.18. The second-order valence-corrected chi connectivity index (χ2v) is 7.18. The van der Waals surface area contributed by atoms with Crippen LogP contribution in [0.25, 0.3) is 6.08 Å². The molecule has 0 saturated carbocycles. The lowest BCUT2D eigenvalue weighted by Gasteiger charge is -2.14. The molecule has 2 aromatic carbocycles. The fourth-order valence-corrected chi connectivity index (χ4v) is 3.47. The van der Waals surface area contributed by atoms with Crippen molar-refractivity contribution in [1.82, 2.24) is 4.90 Å². The van der Waals surface area contributed by atoms with Crippen LogP contribution < -0.4 is 4.74 Å². The topological polar surface area (TPSA) is 70.4 Å². The summed E-state index contributed by atoms with van der Waals surface area (Å²) in [6.07, 6.45) is 1.66. The molecule has 1 fully saturated rings. The first-order chi connectivity index (χ1) is 13.0. The maximum absolute atomic E-state index is 12.5. The van der Waals surface area contributed by atoms with E-state index in [-0.39, 0.29) is 24.3 Å². The van der Waals surface area contributed by atoms with Crippen LogP contribution in [-0.2, 0) is 4.79 Å². The number of benzene rings is 2. The third kappa shape index (κ3) is 4.39. The first-order valence-electron chi connectivity index (χ1n) is 8.43. The van der Waals surface area contributed by atoms with Gasteiger partial charge in [0.05, 0.1) is 23.1 Å². The first kappa shape index (κ1) is 18.7. The Balaban J connectivity index is 1.64. The number of thioether (sulfide) groups is 1. The molecule has 1 aliphatic heterocycles. The molecule has 6 heteroatoms. The number of hydrogen-bond acceptors (Lipinski definition) is 5. The molecule has 0 bridgehead atoms. The lowest BCUT2D eigenvalue weighted by atomic mass is 10.1. The highest BCUT2D eigenvalue weighted by Gasteiger charge is 2.34. The number of amides is 2. The minimum atomic E-state index is -0.320. The van der Waals surface area contributed by atoms with Crippen LogP contribution in [0.2, 0.25) is 0 Å². The van der Waals surface area contributed by atoms with Crippen molar-refractivity contribution in [3.8, 4) is 11.8 Å². The Morgan fingerprint density at radius 1 is 1.15 bits per heavy atom. The molecule has 2 amide bonds. The van der Waals surface area contributed by atoms with Gasteiger partial charge in [-0.2, -0.15) is 5.26 Å². The zero-order valence-corrected chi connectivity index (χ0v) is 15.9. The summed E-state index contributed by atoms with van der Waals surface area (Å²) < 4.78 is 5.75. The minimum absolute atomic E-state index is 0.197. The van der Waals surface area contributed by atoms with E-state index >= 15 is 0 Å². The third-order valence-electron chi connectivity index (χ3n) is 4.13. The molecule has 2 aromatic rings. The molecule has 0 aromatic heterocycles. The van der Waals surface area contributed by atoms with Crippen LogP contribution in [0, 0.1) is 25.2 Å². The van der Waals surface area contributed by atoms with Gasteiger partial charge in [0.1, 0.15) is 12.4 Å². The summed E-state index contributed by atoms with van der Waals surface area (Å²) in [6.45, 7) is 4.38. The number of hydrogen-bond donors (Lipinski definition) is 0. The highest BCUT2D eigenvalue weighted by Crippen LogP contribution is 2.32. The van der Waals surface area contributed by atoms with Gasteiger partial charge in [-0.1, -0.05) is 24.3 Å². The number of rotatable bonds is 5. The fourth-order valence-electron chi connectivity index (χ4n) is 2.61. The van der Waals surface area contributed by atoms with Crippen LogP contribution >= 0.6 is 11.8 Å². The quantitative estimate of drug-likeness (QED) is 0.726. The Labute approximate surface area is 162 Å². The van der Waals surface area contributed by atoms with E-state index in [0.29, 0.717) is 10.5 Å². The van der Waals surface area contributed by atoms with E-state index in [1.54, 1.807) is 30.3 Å². The third-order valence-corrected chi connectivity index (χ3v) is 5.03. The van der Waals surface area contributed by atoms with Crippen LogP contribution in [0.4, 0.5) is 4.79 Å². The van der Waals surface area contributed by atoms with Crippen LogP contribution in [0.15, 0.2) is 47.4 Å². The summed E-state index contributed by atoms with van der Waals surface area (Å²) in [5, 5.41) is 8.53. The molecular formula is C21H18N2O3S. The number of nitriles is 1. The van der Waals surface area contributed by atoms with Crippen LogP contribution in [-0.4, -0.2) is 29.2 Å². The monoisotopic (exact) mass is 378 g/mol. The molecule has 3 rings (SSSR count). The summed E-state index contributed by atoms with van der Waals surface area (Å²) in [7, 11) is 0. The summed E-state index contributed by atoms with van der Waals surface area (Å²) in [4.78, 5) is 26.3. The molecule has 1 heterocycles. The van der Waals surface area contributed by atoms with Gasteiger partial charge in [-0.25, -0.2) is 0 Å². The zero-order chi connectivity index (χ0) is 19.4. The van der Waals surface area contributed by atoms with Gasteiger partial charge in [-0.3, -0.25) is 14.5 Å². The average molecular weight is 378 g/mol. The molecular weight excluding hydrogens is 360 g/mol. The normalized spacial score (nSPS) is 15.3. The zero-order valence-electron chi connectivity index (χ0n) is 15.1. The smallest absolute Gasteiger partial charge is 0.293 e. The van der Waals surface area contributed by atoms with E-state index < -0.39 is 0 Å². The molecule has 1 aliphatic rings. The van der Waals surface area contributed by atoms with Crippen molar-refractivity contribution in [2.75, 3.05) is 13.2 Å². The minimum Gasteiger partial charge on any atom is -0.491 e. The van der Waals surface area contributed by atoms with Crippen LogP contribution in [0.1, 0.15) is 22.3 Å². The fraction of sp³-hybridized carbons (Fsp3) is 0.190. The lowest BCUT2D eigenvalue weighted by Crippen LogP contribution is -2.32. The van der Waals surface area contributed by atoms with Gasteiger partial charge in [0.2, 0.25) is 0 Å². The van der Waals surface area contributed by atoms with E-state index in [1.807, 2.05) is 38.1 Å². The second kappa shape index (κ2) is 8.11. The number of ether oxygens (including phenoxy) is 1. The van der Waals surface area contributed by atoms with Crippen LogP contribution in [0.3, 0.4) is 0 Å². The number of aryl methyl sites for hydroxylation is 2. The van der Waals surface area contributed by atoms with Gasteiger partial charge < -0.3 is 4.74 Å². The number of imide groups is 1. The van der Waals surface area contributed by atoms with Crippen molar-refractivity contribution in [3.05, 3.63) is 69.6 Å². The number of nitrogens with zero attached hydrogens (tertiary/aromatic N) is 2. The molecule has 0 aliphatic carbocycles. The molecule has 0 radical (unpaired) electrons. The molecule has 0 unspecified atom stereocenters. The Kier molecular flexibility index (Phi) is 5.63. The highest BCUT2D eigenvalue weighted by atomic mass is 32.2. The lowest BCUT2D eigenvalue weighted by molar-refractivity contribution is -0.123. The van der Waals surface area contributed by atoms with E-state index in [4.69, 9.17) is 10.00 Å². The Morgan fingerprint density at radius 2 is 1.89 bits per heavy atom. The number of carbonyl (C=O) groups is 2. The molecule has 27 heavy (non-hydrogen) atoms. The van der Waals surface area contributed by atoms with Gasteiger partial charge in [0, 0.05) is 0 Å². The molecule has 5 nitrogen and oxygen atoms in total. The number of carbonyl (C=O) groups excluding carboxylic acids is 2. The standard InChI is InChI=1S/C21H18N2O3S/c1-14-3-4-15(2)18(11-14)26-10-9-23-20(24)19(27-21(23)25)12-16-5-7-17(13-22)8-6-16/h3-8,11-12H,9-10H2,1-2H3/b19-12-. The van der Waals surface area contributed by atoms with Gasteiger partial charge in [-0.15, -0.1) is 0 Å². The Hall–Kier alpha value is -3.04. The van der Waals surface area contributed by atoms with Gasteiger partial charge in [0.25, 0.3) is 11.1 Å². The van der Waals surface area contributed by atoms with E-state index in [0.717, 1.165) is 34.2 Å². The molecule has 0 spiro atoms. The van der Waals surface area contributed by atoms with Gasteiger partial charge in [0.15, 0.2) is 0 Å². The molecule has 136 valence electrons. The van der Waals surface area contributed by atoms with Crippen molar-refractivity contribution in [2.24, 2.45) is 0 Å². The van der Waals surface area contributed by atoms with E-state index in [1.165, 1.54) is 4.90 Å². The Morgan fingerprint density at radius 3 is 2.59 bits per heavy atom. The predicted octanol–water partition coefficient (Wildman–Crippen LogP) is 4.29. The Bertz CT molecular complexity index is 958. The van der Waals surface area contributed by atoms with Gasteiger partial charge in [-0.05, 0) is 66.6 Å². The molecule has 1 saturated heterocycles. The molecule has 0 atom stereocenters. The summed E-state index contributed by atoms with van der Waals surface area (Å²) in [6, 6.07) is 14.8. The van der Waals surface area contributed by atoms with Crippen molar-refractivity contribution in [1.29, 1.82) is 5.26 Å². The average Bonchev–Trinajstić information content (AvgIpc) is 2.92. The molecule has 0 N–H and O–H groups in total. The van der Waals surface area contributed by atoms with Crippen molar-refractivity contribution in [2.45, 2.75) is 13.8 Å². The summed E-state index contributed by atoms with van der Waals surface area (Å²) in [5.74, 6) is 0.439. The van der Waals surface area contributed by atoms with Crippen molar-refractivity contribution < 1.29 is 14.3 Å². The van der Waals surface area contributed by atoms with Crippen LogP contribution in [0.5, 0.6) is 5.75 Å². The summed E-state index contributed by atoms with van der Waals surface area (Å²) in [5.41, 5.74) is 3.41. The largest absolute Gasteiger partial charge is 0.491 e. The first-order valence-corrected chi connectivity index (χ1v) is 9.25. The van der Waals surface area contributed by atoms with Gasteiger partial charge >= 0.3 is 0 Å². The van der Waals surface area contributed by atoms with Crippen molar-refractivity contribution >= 4 is 29.0 Å². The SMILES string of the molecule is Cc1ccc(C)c(OCCN2C(=O)S/C(=C\c3ccc(C#N)cc3)C2=O)c1. The summed E-state index contributed by atoms with van der Waals surface area (Å²) >= 11 is 0.916. The van der Waals surface area contributed by atoms with Crippen molar-refractivity contribution in [3.63, 3.8) is 0 Å².